The quantitative estimate of drug-likeness (QED) is 0.641. The Morgan fingerprint density at radius 1 is 1.41 bits per heavy atom. The summed E-state index contributed by atoms with van der Waals surface area (Å²) in [5, 5.41) is 1.73. The molecule has 0 radical (unpaired) electrons. The van der Waals surface area contributed by atoms with Crippen molar-refractivity contribution in [2.45, 2.75) is 12.6 Å². The fourth-order valence-corrected chi connectivity index (χ4v) is 1.30. The number of nitrogen functional groups attached to an aromatic ring is 1. The summed E-state index contributed by atoms with van der Waals surface area (Å²) < 4.78 is 48.8. The molecule has 0 heterocycles. The van der Waals surface area contributed by atoms with E-state index in [9.17, 15) is 22.4 Å². The van der Waals surface area contributed by atoms with E-state index in [4.69, 9.17) is 17.3 Å². The van der Waals surface area contributed by atoms with Crippen LogP contribution in [0, 0.1) is 5.82 Å². The molecule has 0 aliphatic rings. The monoisotopic (exact) mass is 270 g/mol. The van der Waals surface area contributed by atoms with Gasteiger partial charge in [0, 0.05) is 5.02 Å². The summed E-state index contributed by atoms with van der Waals surface area (Å²) in [6.07, 6.45) is -6.38. The van der Waals surface area contributed by atoms with Crippen LogP contribution in [0.25, 0.3) is 0 Å². The topological polar surface area (TPSA) is 55.1 Å². The summed E-state index contributed by atoms with van der Waals surface area (Å²) in [4.78, 5) is 10.9. The van der Waals surface area contributed by atoms with E-state index in [2.05, 4.69) is 0 Å². The standard InChI is InChI=1S/C9H7ClF4N2O/c10-4-1-5(11)8(6(15)2-4)16-7(17)3-9(12,13)14/h1-2H,3,15H2,(H,16,17). The van der Waals surface area contributed by atoms with Crippen LogP contribution in [0.2, 0.25) is 5.02 Å². The number of amides is 1. The van der Waals surface area contributed by atoms with Crippen molar-refractivity contribution in [1.29, 1.82) is 0 Å². The van der Waals surface area contributed by atoms with E-state index in [1.807, 2.05) is 0 Å². The van der Waals surface area contributed by atoms with Crippen molar-refractivity contribution in [1.82, 2.24) is 0 Å². The van der Waals surface area contributed by atoms with Gasteiger partial charge in [-0.2, -0.15) is 13.2 Å². The molecule has 0 atom stereocenters. The van der Waals surface area contributed by atoms with Crippen molar-refractivity contribution < 1.29 is 22.4 Å². The number of rotatable bonds is 2. The first-order valence-corrected chi connectivity index (χ1v) is 4.68. The third-order valence-corrected chi connectivity index (χ3v) is 1.93. The molecule has 1 aromatic rings. The molecule has 3 N–H and O–H groups in total. The number of alkyl halides is 3. The second-order valence-corrected chi connectivity index (χ2v) is 3.63. The molecule has 0 bridgehead atoms. The van der Waals surface area contributed by atoms with Crippen LogP contribution in [0.3, 0.4) is 0 Å². The smallest absolute Gasteiger partial charge is 0.397 e. The van der Waals surface area contributed by atoms with Crippen molar-refractivity contribution in [3.63, 3.8) is 0 Å². The third kappa shape index (κ3) is 4.10. The maximum atomic E-state index is 13.2. The molecule has 0 fully saturated rings. The average molecular weight is 271 g/mol. The molecule has 0 unspecified atom stereocenters. The number of hydrogen-bond donors (Lipinski definition) is 2. The molecule has 0 aliphatic heterocycles. The molecule has 1 aromatic carbocycles. The number of nitrogens with two attached hydrogens (primary N) is 1. The predicted octanol–water partition coefficient (Wildman–Crippen LogP) is 2.95. The molecular formula is C9H7ClF4N2O. The number of halogens is 5. The first kappa shape index (κ1) is 13.6. The normalized spacial score (nSPS) is 11.4. The van der Waals surface area contributed by atoms with Crippen molar-refractivity contribution in [3.05, 3.63) is 23.0 Å². The largest absolute Gasteiger partial charge is 0.397 e. The lowest BCUT2D eigenvalue weighted by atomic mass is 10.2. The third-order valence-electron chi connectivity index (χ3n) is 1.71. The minimum Gasteiger partial charge on any atom is -0.397 e. The Bertz CT molecular complexity index is 424. The summed E-state index contributed by atoms with van der Waals surface area (Å²) >= 11 is 5.45. The summed E-state index contributed by atoms with van der Waals surface area (Å²) in [5.41, 5.74) is 4.56. The van der Waals surface area contributed by atoms with E-state index in [1.54, 1.807) is 5.32 Å². The highest BCUT2D eigenvalue weighted by Crippen LogP contribution is 2.28. The zero-order valence-corrected chi connectivity index (χ0v) is 8.99. The van der Waals surface area contributed by atoms with Crippen LogP contribution in [0.1, 0.15) is 6.42 Å². The molecule has 0 aliphatic carbocycles. The molecule has 3 nitrogen and oxygen atoms in total. The van der Waals surface area contributed by atoms with Gasteiger partial charge < -0.3 is 11.1 Å². The SMILES string of the molecule is Nc1cc(Cl)cc(F)c1NC(=O)CC(F)(F)F. The van der Waals surface area contributed by atoms with Crippen LogP contribution >= 0.6 is 11.6 Å². The van der Waals surface area contributed by atoms with E-state index in [1.165, 1.54) is 0 Å². The molecule has 0 aromatic heterocycles. The summed E-state index contributed by atoms with van der Waals surface area (Å²) in [5.74, 6) is -2.39. The molecular weight excluding hydrogens is 264 g/mol. The number of carbonyl (C=O) groups is 1. The van der Waals surface area contributed by atoms with Gasteiger partial charge in [0.2, 0.25) is 5.91 Å². The van der Waals surface area contributed by atoms with Crippen LogP contribution in [0.4, 0.5) is 28.9 Å². The molecule has 17 heavy (non-hydrogen) atoms. The highest BCUT2D eigenvalue weighted by molar-refractivity contribution is 6.31. The first-order chi connectivity index (χ1) is 7.69. The summed E-state index contributed by atoms with van der Waals surface area (Å²) in [6, 6.07) is 1.95. The number of benzene rings is 1. The Labute approximate surface area is 98.5 Å². The molecule has 1 rings (SSSR count). The van der Waals surface area contributed by atoms with Crippen LogP contribution in [0.15, 0.2) is 12.1 Å². The van der Waals surface area contributed by atoms with Crippen LogP contribution < -0.4 is 11.1 Å². The summed E-state index contributed by atoms with van der Waals surface area (Å²) in [7, 11) is 0. The van der Waals surface area contributed by atoms with Gasteiger partial charge >= 0.3 is 6.18 Å². The van der Waals surface area contributed by atoms with E-state index in [0.29, 0.717) is 0 Å². The van der Waals surface area contributed by atoms with Crippen molar-refractivity contribution in [2.75, 3.05) is 11.1 Å². The van der Waals surface area contributed by atoms with Gasteiger partial charge in [0.05, 0.1) is 5.69 Å². The lowest BCUT2D eigenvalue weighted by Crippen LogP contribution is -2.22. The van der Waals surface area contributed by atoms with Gasteiger partial charge in [-0.05, 0) is 12.1 Å². The van der Waals surface area contributed by atoms with Crippen molar-refractivity contribution >= 4 is 28.9 Å². The molecule has 0 saturated heterocycles. The lowest BCUT2D eigenvalue weighted by Gasteiger charge is -2.11. The Balaban J connectivity index is 2.86. The van der Waals surface area contributed by atoms with Crippen molar-refractivity contribution in [3.8, 4) is 0 Å². The summed E-state index contributed by atoms with van der Waals surface area (Å²) in [6.45, 7) is 0. The van der Waals surface area contributed by atoms with E-state index >= 15 is 0 Å². The number of hydrogen-bond acceptors (Lipinski definition) is 2. The zero-order valence-electron chi connectivity index (χ0n) is 8.24. The fourth-order valence-electron chi connectivity index (χ4n) is 1.09. The van der Waals surface area contributed by atoms with E-state index in [0.717, 1.165) is 12.1 Å². The Morgan fingerprint density at radius 3 is 2.47 bits per heavy atom. The van der Waals surface area contributed by atoms with Crippen LogP contribution in [0.5, 0.6) is 0 Å². The second kappa shape index (κ2) is 4.79. The minimum absolute atomic E-state index is 0.0196. The van der Waals surface area contributed by atoms with Gasteiger partial charge in [0.1, 0.15) is 17.9 Å². The van der Waals surface area contributed by atoms with Gasteiger partial charge in [-0.3, -0.25) is 4.79 Å². The van der Waals surface area contributed by atoms with Crippen molar-refractivity contribution in [2.24, 2.45) is 0 Å². The maximum Gasteiger partial charge on any atom is 0.397 e. The maximum absolute atomic E-state index is 13.2. The lowest BCUT2D eigenvalue weighted by molar-refractivity contribution is -0.150. The Morgan fingerprint density at radius 2 is 2.00 bits per heavy atom. The minimum atomic E-state index is -4.66. The van der Waals surface area contributed by atoms with E-state index < -0.39 is 30.0 Å². The highest BCUT2D eigenvalue weighted by atomic mass is 35.5. The fraction of sp³-hybridized carbons (Fsp3) is 0.222. The first-order valence-electron chi connectivity index (χ1n) is 4.30. The highest BCUT2D eigenvalue weighted by Gasteiger charge is 2.31. The van der Waals surface area contributed by atoms with Crippen LogP contribution in [-0.2, 0) is 4.79 Å². The number of nitrogens with one attached hydrogen (secondary N) is 1. The van der Waals surface area contributed by atoms with Crippen LogP contribution in [-0.4, -0.2) is 12.1 Å². The van der Waals surface area contributed by atoms with E-state index in [-0.39, 0.29) is 10.7 Å². The van der Waals surface area contributed by atoms with Gasteiger partial charge in [0.15, 0.2) is 0 Å². The number of carbonyl (C=O) groups excluding carboxylic acids is 1. The van der Waals surface area contributed by atoms with Gasteiger partial charge in [-0.25, -0.2) is 4.39 Å². The van der Waals surface area contributed by atoms with Gasteiger partial charge in [-0.15, -0.1) is 0 Å². The Kier molecular flexibility index (Phi) is 3.82. The average Bonchev–Trinajstić information content (AvgIpc) is 2.08. The molecule has 0 spiro atoms. The second-order valence-electron chi connectivity index (χ2n) is 3.19. The van der Waals surface area contributed by atoms with Gasteiger partial charge in [-0.1, -0.05) is 11.6 Å². The molecule has 1 amide bonds. The number of anilines is 2. The molecule has 94 valence electrons. The zero-order chi connectivity index (χ0) is 13.2. The molecule has 0 saturated carbocycles. The Hall–Kier alpha value is -1.50. The molecule has 8 heteroatoms. The van der Waals surface area contributed by atoms with Gasteiger partial charge in [0.25, 0.3) is 0 Å². The predicted molar refractivity (Wildman–Crippen MR) is 55.1 cm³/mol.